The third-order valence-electron chi connectivity index (χ3n) is 1.10. The van der Waals surface area contributed by atoms with Gasteiger partial charge >= 0.3 is 0 Å². The molecule has 0 rings (SSSR count). The maximum atomic E-state index is 9.87. The number of carbonyl (C=O) groups is 1. The summed E-state index contributed by atoms with van der Waals surface area (Å²) in [5.74, 6) is -1.98. The molecule has 0 aromatic carbocycles. The van der Waals surface area contributed by atoms with Crippen LogP contribution in [0.2, 0.25) is 0 Å². The summed E-state index contributed by atoms with van der Waals surface area (Å²) in [6.07, 6.45) is -0.819. The molecule has 2 atom stereocenters. The summed E-state index contributed by atoms with van der Waals surface area (Å²) in [7, 11) is 0. The second-order valence-electron chi connectivity index (χ2n) is 1.85. The third kappa shape index (κ3) is 1.93. The van der Waals surface area contributed by atoms with Crippen LogP contribution < -0.4 is 5.11 Å². The van der Waals surface area contributed by atoms with Crippen LogP contribution in [0.4, 0.5) is 0 Å². The first-order valence-electron chi connectivity index (χ1n) is 2.44. The summed E-state index contributed by atoms with van der Waals surface area (Å²) < 4.78 is 0. The SMILES string of the molecule is C[C@H](O)[C@@H](C)C(=O)[O-]. The molecule has 0 bridgehead atoms. The molecule has 8 heavy (non-hydrogen) atoms. The Morgan fingerprint density at radius 3 is 2.00 bits per heavy atom. The predicted molar refractivity (Wildman–Crippen MR) is 25.9 cm³/mol. The number of aliphatic hydroxyl groups is 1. The number of hydrogen-bond donors (Lipinski definition) is 1. The van der Waals surface area contributed by atoms with E-state index in [0.717, 1.165) is 0 Å². The molecular formula is C5H9O3-. The number of carbonyl (C=O) groups excluding carboxylic acids is 1. The Morgan fingerprint density at radius 2 is 2.00 bits per heavy atom. The molecule has 0 spiro atoms. The third-order valence-corrected chi connectivity index (χ3v) is 1.10. The molecule has 1 N–H and O–H groups in total. The van der Waals surface area contributed by atoms with Gasteiger partial charge in [0, 0.05) is 11.9 Å². The Bertz CT molecular complexity index is 87.7. The standard InChI is InChI=1S/C5H10O3/c1-3(4(2)6)5(7)8/h3-4,6H,1-2H3,(H,7,8)/p-1/t3-,4+/m1/s1. The van der Waals surface area contributed by atoms with Crippen molar-refractivity contribution in [1.29, 1.82) is 0 Å². The molecule has 0 aliphatic rings. The summed E-state index contributed by atoms with van der Waals surface area (Å²) >= 11 is 0. The fourth-order valence-electron chi connectivity index (χ4n) is 0.197. The minimum absolute atomic E-state index is 0.769. The van der Waals surface area contributed by atoms with Crippen LogP contribution in [0.1, 0.15) is 13.8 Å². The van der Waals surface area contributed by atoms with Gasteiger partial charge in [0.25, 0.3) is 0 Å². The maximum Gasteiger partial charge on any atom is 0.0589 e. The van der Waals surface area contributed by atoms with Gasteiger partial charge in [-0.2, -0.15) is 0 Å². The minimum atomic E-state index is -1.21. The number of carboxylic acids is 1. The molecule has 0 aliphatic heterocycles. The minimum Gasteiger partial charge on any atom is -0.550 e. The number of rotatable bonds is 2. The van der Waals surface area contributed by atoms with Gasteiger partial charge in [-0.1, -0.05) is 6.92 Å². The summed E-state index contributed by atoms with van der Waals surface area (Å²) in [5.41, 5.74) is 0. The number of carboxylic acid groups (broad SMARTS) is 1. The molecule has 3 nitrogen and oxygen atoms in total. The van der Waals surface area contributed by atoms with Crippen LogP contribution in [0.25, 0.3) is 0 Å². The normalized spacial score (nSPS) is 17.4. The maximum absolute atomic E-state index is 9.87. The highest BCUT2D eigenvalue weighted by molar-refractivity contribution is 5.67. The predicted octanol–water partition coefficient (Wildman–Crippen LogP) is -1.25. The first-order valence-corrected chi connectivity index (χ1v) is 2.44. The van der Waals surface area contributed by atoms with Crippen molar-refractivity contribution in [1.82, 2.24) is 0 Å². The average molecular weight is 117 g/mol. The van der Waals surface area contributed by atoms with E-state index in [9.17, 15) is 9.90 Å². The molecule has 0 saturated heterocycles. The lowest BCUT2D eigenvalue weighted by Crippen LogP contribution is -2.35. The Morgan fingerprint density at radius 1 is 1.62 bits per heavy atom. The zero-order valence-corrected chi connectivity index (χ0v) is 4.92. The van der Waals surface area contributed by atoms with Gasteiger partial charge in [-0.25, -0.2) is 0 Å². The molecule has 3 heteroatoms. The van der Waals surface area contributed by atoms with Crippen molar-refractivity contribution in [2.24, 2.45) is 5.92 Å². The van der Waals surface area contributed by atoms with Crippen LogP contribution in [0.15, 0.2) is 0 Å². The summed E-state index contributed by atoms with van der Waals surface area (Å²) in [6, 6.07) is 0. The zero-order chi connectivity index (χ0) is 6.73. The van der Waals surface area contributed by atoms with E-state index in [2.05, 4.69) is 0 Å². The molecule has 0 radical (unpaired) electrons. The Balaban J connectivity index is 3.64. The molecule has 0 fully saturated rings. The van der Waals surface area contributed by atoms with E-state index in [1.54, 1.807) is 0 Å². The van der Waals surface area contributed by atoms with E-state index in [1.165, 1.54) is 13.8 Å². The van der Waals surface area contributed by atoms with Crippen LogP contribution in [0.3, 0.4) is 0 Å². The lowest BCUT2D eigenvalue weighted by molar-refractivity contribution is -0.313. The van der Waals surface area contributed by atoms with Crippen LogP contribution >= 0.6 is 0 Å². The quantitative estimate of drug-likeness (QED) is 0.491. The molecule has 0 aromatic heterocycles. The first kappa shape index (κ1) is 7.43. The van der Waals surface area contributed by atoms with E-state index in [4.69, 9.17) is 5.11 Å². The van der Waals surface area contributed by atoms with Gasteiger partial charge in [-0.15, -0.1) is 0 Å². The van der Waals surface area contributed by atoms with E-state index in [0.29, 0.717) is 0 Å². The Hall–Kier alpha value is -0.570. The highest BCUT2D eigenvalue weighted by Crippen LogP contribution is 1.98. The molecule has 0 unspecified atom stereocenters. The molecular weight excluding hydrogens is 108 g/mol. The van der Waals surface area contributed by atoms with Gasteiger partial charge in [0.05, 0.1) is 6.10 Å². The second kappa shape index (κ2) is 2.67. The fourth-order valence-corrected chi connectivity index (χ4v) is 0.197. The van der Waals surface area contributed by atoms with Crippen molar-refractivity contribution in [3.8, 4) is 0 Å². The average Bonchev–Trinajstić information content (AvgIpc) is 1.64. The van der Waals surface area contributed by atoms with Gasteiger partial charge in [-0.05, 0) is 6.92 Å². The molecule has 0 aliphatic carbocycles. The molecule has 48 valence electrons. The van der Waals surface area contributed by atoms with Crippen molar-refractivity contribution >= 4 is 5.97 Å². The van der Waals surface area contributed by atoms with E-state index < -0.39 is 18.0 Å². The topological polar surface area (TPSA) is 60.4 Å². The van der Waals surface area contributed by atoms with Crippen molar-refractivity contribution in [3.05, 3.63) is 0 Å². The van der Waals surface area contributed by atoms with Crippen molar-refractivity contribution in [2.75, 3.05) is 0 Å². The largest absolute Gasteiger partial charge is 0.550 e. The van der Waals surface area contributed by atoms with E-state index in [1.807, 2.05) is 0 Å². The first-order chi connectivity index (χ1) is 3.55. The molecule has 0 saturated carbocycles. The van der Waals surface area contributed by atoms with Gasteiger partial charge in [0.15, 0.2) is 0 Å². The van der Waals surface area contributed by atoms with Gasteiger partial charge in [-0.3, -0.25) is 0 Å². The van der Waals surface area contributed by atoms with Crippen LogP contribution in [-0.2, 0) is 4.79 Å². The number of hydrogen-bond acceptors (Lipinski definition) is 3. The summed E-state index contributed by atoms with van der Waals surface area (Å²) in [4.78, 5) is 9.87. The highest BCUT2D eigenvalue weighted by Gasteiger charge is 2.07. The number of aliphatic carboxylic acids is 1. The van der Waals surface area contributed by atoms with E-state index in [-0.39, 0.29) is 0 Å². The van der Waals surface area contributed by atoms with Crippen LogP contribution in [0.5, 0.6) is 0 Å². The molecule has 0 heterocycles. The lowest BCUT2D eigenvalue weighted by atomic mass is 10.1. The highest BCUT2D eigenvalue weighted by atomic mass is 16.4. The molecule has 0 aromatic rings. The Kier molecular flexibility index (Phi) is 2.48. The summed E-state index contributed by atoms with van der Waals surface area (Å²) in [5, 5.41) is 18.4. The zero-order valence-electron chi connectivity index (χ0n) is 4.92. The molecule has 0 amide bonds. The van der Waals surface area contributed by atoms with E-state index >= 15 is 0 Å². The van der Waals surface area contributed by atoms with Crippen molar-refractivity contribution in [3.63, 3.8) is 0 Å². The fraction of sp³-hybridized carbons (Fsp3) is 0.800. The lowest BCUT2D eigenvalue weighted by Gasteiger charge is -2.14. The van der Waals surface area contributed by atoms with Gasteiger partial charge < -0.3 is 15.0 Å². The van der Waals surface area contributed by atoms with Crippen LogP contribution in [0, 0.1) is 5.92 Å². The van der Waals surface area contributed by atoms with Crippen LogP contribution in [-0.4, -0.2) is 17.2 Å². The van der Waals surface area contributed by atoms with Gasteiger partial charge in [0.2, 0.25) is 0 Å². The monoisotopic (exact) mass is 117 g/mol. The second-order valence-corrected chi connectivity index (χ2v) is 1.85. The van der Waals surface area contributed by atoms with Crippen molar-refractivity contribution in [2.45, 2.75) is 20.0 Å². The Labute approximate surface area is 47.9 Å². The van der Waals surface area contributed by atoms with Gasteiger partial charge in [0.1, 0.15) is 0 Å². The summed E-state index contributed by atoms with van der Waals surface area (Å²) in [6.45, 7) is 2.82. The smallest absolute Gasteiger partial charge is 0.0589 e. The van der Waals surface area contributed by atoms with Crippen molar-refractivity contribution < 1.29 is 15.0 Å². The number of aliphatic hydroxyl groups excluding tert-OH is 1.